The molecule has 0 radical (unpaired) electrons. The van der Waals surface area contributed by atoms with E-state index in [9.17, 15) is 9.59 Å². The molecule has 4 rings (SSSR count). The normalized spacial score (nSPS) is 13.6. The van der Waals surface area contributed by atoms with Gasteiger partial charge in [0.25, 0.3) is 0 Å². The highest BCUT2D eigenvalue weighted by atomic mass is 16.5. The molecule has 4 aromatic rings. The van der Waals surface area contributed by atoms with Gasteiger partial charge in [-0.05, 0) is 104 Å². The van der Waals surface area contributed by atoms with Gasteiger partial charge in [0.1, 0.15) is 0 Å². The lowest BCUT2D eigenvalue weighted by atomic mass is 9.72. The predicted octanol–water partition coefficient (Wildman–Crippen LogP) is 12.7. The average molecular weight is 805 g/mol. The van der Waals surface area contributed by atoms with Crippen LogP contribution in [-0.4, -0.2) is 53.3 Å². The maximum Gasteiger partial charge on any atom is 0.193 e. The predicted molar refractivity (Wildman–Crippen MR) is 241 cm³/mol. The van der Waals surface area contributed by atoms with E-state index in [2.05, 4.69) is 90.0 Å². The summed E-state index contributed by atoms with van der Waals surface area (Å²) in [5, 5.41) is 0. The fraction of sp³-hybridized carbons (Fsp3) is 0.509. The smallest absolute Gasteiger partial charge is 0.193 e. The van der Waals surface area contributed by atoms with Crippen molar-refractivity contribution in [3.63, 3.8) is 0 Å². The van der Waals surface area contributed by atoms with Gasteiger partial charge in [-0.1, -0.05) is 137 Å². The number of ketones is 2. The molecule has 0 saturated heterocycles. The van der Waals surface area contributed by atoms with Crippen molar-refractivity contribution in [1.82, 2.24) is 0 Å². The Bertz CT molecular complexity index is 1950. The summed E-state index contributed by atoms with van der Waals surface area (Å²) in [6.07, 6.45) is 2.94. The zero-order valence-electron chi connectivity index (χ0n) is 38.4. The van der Waals surface area contributed by atoms with Gasteiger partial charge in [-0.25, -0.2) is 0 Å². The number of hydrogen-bond acceptors (Lipinski definition) is 6. The van der Waals surface area contributed by atoms with Crippen LogP contribution in [0.1, 0.15) is 152 Å². The second kappa shape index (κ2) is 19.6. The van der Waals surface area contributed by atoms with Crippen LogP contribution in [0.15, 0.2) is 109 Å². The van der Waals surface area contributed by atoms with Crippen molar-refractivity contribution in [2.45, 2.75) is 151 Å². The van der Waals surface area contributed by atoms with Crippen LogP contribution in [0.3, 0.4) is 0 Å². The fourth-order valence-electron chi connectivity index (χ4n) is 7.41. The molecular formula is C53H72O6. The van der Waals surface area contributed by atoms with E-state index < -0.39 is 22.4 Å². The van der Waals surface area contributed by atoms with E-state index >= 15 is 0 Å². The first-order valence-corrected chi connectivity index (χ1v) is 21.4. The fourth-order valence-corrected chi connectivity index (χ4v) is 7.41. The molecule has 0 heterocycles. The summed E-state index contributed by atoms with van der Waals surface area (Å²) in [5.74, 6) is 0.0351. The van der Waals surface area contributed by atoms with Crippen molar-refractivity contribution < 1.29 is 28.5 Å². The highest BCUT2D eigenvalue weighted by Gasteiger charge is 2.43. The van der Waals surface area contributed by atoms with Crippen molar-refractivity contribution in [3.8, 4) is 0 Å². The van der Waals surface area contributed by atoms with Gasteiger partial charge in [0.05, 0.1) is 41.7 Å². The highest BCUT2D eigenvalue weighted by Crippen LogP contribution is 2.43. The molecule has 0 saturated carbocycles. The lowest BCUT2D eigenvalue weighted by Gasteiger charge is -2.47. The summed E-state index contributed by atoms with van der Waals surface area (Å²) in [7, 11) is 0. The van der Waals surface area contributed by atoms with Gasteiger partial charge in [-0.3, -0.25) is 9.59 Å². The molecular weight excluding hydrogens is 733 g/mol. The first-order chi connectivity index (χ1) is 27.5. The second-order valence-electron chi connectivity index (χ2n) is 19.8. The van der Waals surface area contributed by atoms with Crippen LogP contribution in [-0.2, 0) is 32.0 Å². The maximum atomic E-state index is 13.4. The minimum atomic E-state index is -0.466. The van der Waals surface area contributed by atoms with Crippen molar-refractivity contribution in [3.05, 3.63) is 143 Å². The van der Waals surface area contributed by atoms with Gasteiger partial charge < -0.3 is 18.9 Å². The largest absolute Gasteiger partial charge is 0.375 e. The molecule has 0 N–H and O–H groups in total. The molecule has 0 fully saturated rings. The van der Waals surface area contributed by atoms with Crippen LogP contribution in [0.4, 0.5) is 0 Å². The van der Waals surface area contributed by atoms with Crippen LogP contribution < -0.4 is 0 Å². The number of ether oxygens (including phenoxy) is 4. The third kappa shape index (κ3) is 13.3. The molecule has 320 valence electrons. The first kappa shape index (κ1) is 47.7. The molecule has 6 heteroatoms. The lowest BCUT2D eigenvalue weighted by Crippen LogP contribution is -2.48. The minimum absolute atomic E-state index is 0.00150. The Hall–Kier alpha value is -3.94. The van der Waals surface area contributed by atoms with E-state index in [-0.39, 0.29) is 28.5 Å². The van der Waals surface area contributed by atoms with Gasteiger partial charge in [-0.15, -0.1) is 0 Å². The van der Waals surface area contributed by atoms with Crippen molar-refractivity contribution in [2.24, 2.45) is 10.8 Å². The molecule has 0 aliphatic heterocycles. The number of carbonyl (C=O) groups excluding carboxylic acids is 2. The number of benzene rings is 4. The molecule has 0 spiro atoms. The quantitative estimate of drug-likeness (QED) is 0.0696. The second-order valence-corrected chi connectivity index (χ2v) is 19.8. The van der Waals surface area contributed by atoms with Gasteiger partial charge in [0, 0.05) is 35.3 Å². The summed E-state index contributed by atoms with van der Waals surface area (Å²) in [4.78, 5) is 26.6. The SMILES string of the molecule is CC(CC(C)(C)C(C)(C)OCCC(C)(C)OCc1ccccc1C(=O)c1ccccc1)OC(C)(C)C(C)(C)CCOC(C)(C)Cc1ccccc1C(=O)c1ccccc1. The van der Waals surface area contributed by atoms with Gasteiger partial charge in [0.15, 0.2) is 11.6 Å². The zero-order valence-corrected chi connectivity index (χ0v) is 38.4. The van der Waals surface area contributed by atoms with E-state index in [0.717, 1.165) is 29.5 Å². The average Bonchev–Trinajstić information content (AvgIpc) is 3.16. The zero-order chi connectivity index (χ0) is 43.7. The van der Waals surface area contributed by atoms with Crippen LogP contribution in [0, 0.1) is 10.8 Å². The molecule has 0 aliphatic rings. The van der Waals surface area contributed by atoms with E-state index in [1.54, 1.807) is 0 Å². The number of hydrogen-bond donors (Lipinski definition) is 0. The van der Waals surface area contributed by atoms with E-state index in [4.69, 9.17) is 18.9 Å². The Morgan fingerprint density at radius 2 is 0.949 bits per heavy atom. The topological polar surface area (TPSA) is 71.1 Å². The summed E-state index contributed by atoms with van der Waals surface area (Å²) in [6, 6.07) is 34.4. The first-order valence-electron chi connectivity index (χ1n) is 21.4. The Kier molecular flexibility index (Phi) is 15.9. The third-order valence-electron chi connectivity index (χ3n) is 12.8. The summed E-state index contributed by atoms with van der Waals surface area (Å²) >= 11 is 0. The lowest BCUT2D eigenvalue weighted by molar-refractivity contribution is -0.170. The molecule has 0 aliphatic carbocycles. The van der Waals surface area contributed by atoms with Gasteiger partial charge in [0.2, 0.25) is 0 Å². The molecule has 0 aromatic heterocycles. The van der Waals surface area contributed by atoms with Crippen LogP contribution in [0.5, 0.6) is 0 Å². The number of rotatable bonds is 23. The maximum absolute atomic E-state index is 13.4. The minimum Gasteiger partial charge on any atom is -0.375 e. The Balaban J connectivity index is 1.26. The molecule has 6 nitrogen and oxygen atoms in total. The van der Waals surface area contributed by atoms with Crippen molar-refractivity contribution in [1.29, 1.82) is 0 Å². The van der Waals surface area contributed by atoms with Crippen LogP contribution in [0.25, 0.3) is 0 Å². The van der Waals surface area contributed by atoms with E-state index in [1.807, 2.05) is 109 Å². The molecule has 0 bridgehead atoms. The number of carbonyl (C=O) groups is 2. The Morgan fingerprint density at radius 3 is 1.49 bits per heavy atom. The van der Waals surface area contributed by atoms with Crippen LogP contribution >= 0.6 is 0 Å². The molecule has 4 aromatic carbocycles. The highest BCUT2D eigenvalue weighted by molar-refractivity contribution is 6.10. The van der Waals surface area contributed by atoms with Gasteiger partial charge >= 0.3 is 0 Å². The Morgan fingerprint density at radius 1 is 0.492 bits per heavy atom. The standard InChI is InChI=1S/C53H72O6/c1-39(59-53(12,13)48(2,3)32-34-56-51(8,9)37-42-28-20-22-30-44(42)46(54)40-24-16-14-17-25-40)36-49(4,5)52(10,11)57-35-33-50(6,7)58-38-43-29-21-23-31-45(43)47(55)41-26-18-15-19-27-41/h14-31,39H,32-38H2,1-13H3. The summed E-state index contributed by atoms with van der Waals surface area (Å²) < 4.78 is 26.5. The van der Waals surface area contributed by atoms with Crippen molar-refractivity contribution in [2.75, 3.05) is 13.2 Å². The molecule has 1 unspecified atom stereocenters. The van der Waals surface area contributed by atoms with Gasteiger partial charge in [-0.2, -0.15) is 0 Å². The molecule has 1 atom stereocenters. The van der Waals surface area contributed by atoms with Crippen LogP contribution in [0.2, 0.25) is 0 Å². The summed E-state index contributed by atoms with van der Waals surface area (Å²) in [5.41, 5.74) is 2.45. The van der Waals surface area contributed by atoms with E-state index in [0.29, 0.717) is 49.4 Å². The molecule has 59 heavy (non-hydrogen) atoms. The monoisotopic (exact) mass is 805 g/mol. The summed E-state index contributed by atoms with van der Waals surface area (Å²) in [6.45, 7) is 29.7. The Labute approximate surface area is 356 Å². The third-order valence-corrected chi connectivity index (χ3v) is 12.8. The van der Waals surface area contributed by atoms with Crippen molar-refractivity contribution >= 4 is 11.6 Å². The van der Waals surface area contributed by atoms with E-state index in [1.165, 1.54) is 0 Å². The molecule has 0 amide bonds.